The van der Waals surface area contributed by atoms with Crippen molar-refractivity contribution in [3.8, 4) is 11.5 Å². The summed E-state index contributed by atoms with van der Waals surface area (Å²) in [6.07, 6.45) is 1.27. The maximum atomic E-state index is 12.8. The molecule has 0 fully saturated rings. The molecule has 184 valence electrons. The van der Waals surface area contributed by atoms with Crippen molar-refractivity contribution in [2.45, 2.75) is 20.0 Å². The van der Waals surface area contributed by atoms with Gasteiger partial charge in [0.1, 0.15) is 6.10 Å². The number of amides is 1. The minimum absolute atomic E-state index is 0.169. The molecule has 2 aromatic rings. The first-order valence-corrected chi connectivity index (χ1v) is 11.0. The third kappa shape index (κ3) is 8.53. The molecule has 2 rings (SSSR count). The second-order valence-electron chi connectivity index (χ2n) is 7.65. The highest BCUT2D eigenvalue weighted by Gasteiger charge is 2.16. The van der Waals surface area contributed by atoms with E-state index in [9.17, 15) is 9.59 Å². The Labute approximate surface area is 200 Å². The van der Waals surface area contributed by atoms with Gasteiger partial charge in [-0.1, -0.05) is 36.4 Å². The molecule has 1 atom stereocenters. The first-order valence-electron chi connectivity index (χ1n) is 11.0. The molecule has 0 bridgehead atoms. The van der Waals surface area contributed by atoms with Gasteiger partial charge >= 0.3 is 5.97 Å². The summed E-state index contributed by atoms with van der Waals surface area (Å²) in [5.74, 6) is -0.555. The summed E-state index contributed by atoms with van der Waals surface area (Å²) in [6.45, 7) is 4.93. The number of hydrogen-bond acceptors (Lipinski definition) is 6. The predicted molar refractivity (Wildman–Crippen MR) is 129 cm³/mol. The zero-order valence-corrected chi connectivity index (χ0v) is 20.2. The molecular formula is C26H33NO7. The van der Waals surface area contributed by atoms with Gasteiger partial charge in [-0.15, -0.1) is 0 Å². The van der Waals surface area contributed by atoms with E-state index in [0.717, 1.165) is 5.56 Å². The van der Waals surface area contributed by atoms with Crippen molar-refractivity contribution in [1.82, 2.24) is 4.90 Å². The van der Waals surface area contributed by atoms with Crippen LogP contribution >= 0.6 is 0 Å². The van der Waals surface area contributed by atoms with E-state index in [0.29, 0.717) is 48.9 Å². The second kappa shape index (κ2) is 14.0. The molecule has 0 aliphatic rings. The largest absolute Gasteiger partial charge is 0.482 e. The van der Waals surface area contributed by atoms with E-state index in [-0.39, 0.29) is 12.0 Å². The van der Waals surface area contributed by atoms with Crippen LogP contribution in [0.5, 0.6) is 11.5 Å². The summed E-state index contributed by atoms with van der Waals surface area (Å²) >= 11 is 0. The molecule has 0 saturated heterocycles. The molecule has 8 nitrogen and oxygen atoms in total. The molecular weight excluding hydrogens is 438 g/mol. The molecule has 0 aromatic heterocycles. The molecule has 2 aromatic carbocycles. The SMILES string of the molecule is COCCN(CCOC)C(=O)/C=C(\C)c1ccc(OC(C)c2ccccc2)c(OCC(=O)O)c1. The van der Waals surface area contributed by atoms with Gasteiger partial charge in [-0.3, -0.25) is 4.79 Å². The summed E-state index contributed by atoms with van der Waals surface area (Å²) in [5, 5.41) is 9.08. The molecule has 0 radical (unpaired) electrons. The van der Waals surface area contributed by atoms with Gasteiger partial charge < -0.3 is 29.0 Å². The van der Waals surface area contributed by atoms with Crippen LogP contribution in [0, 0.1) is 0 Å². The molecule has 0 aliphatic carbocycles. The van der Waals surface area contributed by atoms with E-state index in [4.69, 9.17) is 24.1 Å². The lowest BCUT2D eigenvalue weighted by Gasteiger charge is -2.21. The van der Waals surface area contributed by atoms with Gasteiger partial charge in [0.05, 0.1) is 13.2 Å². The second-order valence-corrected chi connectivity index (χ2v) is 7.65. The maximum absolute atomic E-state index is 12.8. The van der Waals surface area contributed by atoms with E-state index < -0.39 is 12.6 Å². The highest BCUT2D eigenvalue weighted by molar-refractivity contribution is 5.95. The number of benzene rings is 2. The number of ether oxygens (including phenoxy) is 4. The number of carboxylic acid groups (broad SMARTS) is 1. The maximum Gasteiger partial charge on any atom is 0.341 e. The monoisotopic (exact) mass is 471 g/mol. The fourth-order valence-corrected chi connectivity index (χ4v) is 3.18. The molecule has 34 heavy (non-hydrogen) atoms. The first-order chi connectivity index (χ1) is 16.3. The van der Waals surface area contributed by atoms with Crippen LogP contribution in [0.4, 0.5) is 0 Å². The lowest BCUT2D eigenvalue weighted by Crippen LogP contribution is -2.35. The zero-order valence-electron chi connectivity index (χ0n) is 20.2. The summed E-state index contributed by atoms with van der Waals surface area (Å²) in [4.78, 5) is 25.6. The molecule has 1 unspecified atom stereocenters. The van der Waals surface area contributed by atoms with Crippen molar-refractivity contribution < 1.29 is 33.6 Å². The van der Waals surface area contributed by atoms with Crippen LogP contribution in [-0.4, -0.2) is 69.0 Å². The Morgan fingerprint density at radius 1 is 1.00 bits per heavy atom. The number of rotatable bonds is 14. The van der Waals surface area contributed by atoms with Crippen LogP contribution < -0.4 is 9.47 Å². The third-order valence-corrected chi connectivity index (χ3v) is 5.11. The normalized spacial score (nSPS) is 12.2. The van der Waals surface area contributed by atoms with Crippen molar-refractivity contribution in [3.63, 3.8) is 0 Å². The molecule has 1 amide bonds. The number of nitrogens with zero attached hydrogens (tertiary/aromatic N) is 1. The summed E-state index contributed by atoms with van der Waals surface area (Å²) in [6, 6.07) is 14.9. The van der Waals surface area contributed by atoms with E-state index in [1.54, 1.807) is 31.3 Å². The molecule has 8 heteroatoms. The molecule has 0 spiro atoms. The van der Waals surface area contributed by atoms with E-state index in [1.165, 1.54) is 6.08 Å². The molecule has 0 saturated carbocycles. The average molecular weight is 472 g/mol. The van der Waals surface area contributed by atoms with Crippen molar-refractivity contribution in [3.05, 3.63) is 65.7 Å². The van der Waals surface area contributed by atoms with E-state index >= 15 is 0 Å². The summed E-state index contributed by atoms with van der Waals surface area (Å²) in [7, 11) is 3.17. The van der Waals surface area contributed by atoms with Gasteiger partial charge in [-0.05, 0) is 42.7 Å². The van der Waals surface area contributed by atoms with Gasteiger partial charge in [-0.2, -0.15) is 0 Å². The fraction of sp³-hybridized carbons (Fsp3) is 0.385. The third-order valence-electron chi connectivity index (χ3n) is 5.11. The van der Waals surface area contributed by atoms with Gasteiger partial charge in [0, 0.05) is 33.4 Å². The van der Waals surface area contributed by atoms with Crippen LogP contribution in [0.3, 0.4) is 0 Å². The number of carboxylic acids is 1. The Morgan fingerprint density at radius 3 is 2.24 bits per heavy atom. The number of carbonyl (C=O) groups excluding carboxylic acids is 1. The van der Waals surface area contributed by atoms with Crippen LogP contribution in [0.2, 0.25) is 0 Å². The predicted octanol–water partition coefficient (Wildman–Crippen LogP) is 3.81. The smallest absolute Gasteiger partial charge is 0.341 e. The standard InChI is InChI=1S/C26H33NO7/c1-19(16-25(28)27(12-14-31-3)13-15-32-4)22-10-11-23(24(17-22)33-18-26(29)30)34-20(2)21-8-6-5-7-9-21/h5-11,16-17,20H,12-15,18H2,1-4H3,(H,29,30)/b19-16+. The Balaban J connectivity index is 2.27. The highest BCUT2D eigenvalue weighted by atomic mass is 16.5. The quantitative estimate of drug-likeness (QED) is 0.419. The van der Waals surface area contributed by atoms with Gasteiger partial charge in [-0.25, -0.2) is 4.79 Å². The van der Waals surface area contributed by atoms with Gasteiger partial charge in [0.2, 0.25) is 5.91 Å². The van der Waals surface area contributed by atoms with E-state index in [1.807, 2.05) is 50.2 Å². The number of allylic oxidation sites excluding steroid dienone is 1. The van der Waals surface area contributed by atoms with Gasteiger partial charge in [0.25, 0.3) is 0 Å². The average Bonchev–Trinajstić information content (AvgIpc) is 2.83. The summed E-state index contributed by atoms with van der Waals surface area (Å²) < 4.78 is 21.8. The lowest BCUT2D eigenvalue weighted by molar-refractivity contribution is -0.139. The van der Waals surface area contributed by atoms with Crippen molar-refractivity contribution in [1.29, 1.82) is 0 Å². The minimum atomic E-state index is -1.10. The highest BCUT2D eigenvalue weighted by Crippen LogP contribution is 2.34. The molecule has 0 heterocycles. The van der Waals surface area contributed by atoms with Gasteiger partial charge in [0.15, 0.2) is 18.1 Å². The zero-order chi connectivity index (χ0) is 24.9. The van der Waals surface area contributed by atoms with Crippen molar-refractivity contribution >= 4 is 17.4 Å². The van der Waals surface area contributed by atoms with Crippen LogP contribution in [-0.2, 0) is 19.1 Å². The number of carbonyl (C=O) groups is 2. The van der Waals surface area contributed by atoms with E-state index in [2.05, 4.69) is 0 Å². The topological polar surface area (TPSA) is 94.5 Å². The Kier molecular flexibility index (Phi) is 11.1. The fourth-order valence-electron chi connectivity index (χ4n) is 3.18. The summed E-state index contributed by atoms with van der Waals surface area (Å²) in [5.41, 5.74) is 2.39. The molecule has 1 N–H and O–H groups in total. The van der Waals surface area contributed by atoms with Crippen LogP contribution in [0.1, 0.15) is 31.1 Å². The Morgan fingerprint density at radius 2 is 1.65 bits per heavy atom. The number of methoxy groups -OCH3 is 2. The minimum Gasteiger partial charge on any atom is -0.482 e. The van der Waals surface area contributed by atoms with Crippen molar-refractivity contribution in [2.75, 3.05) is 47.1 Å². The van der Waals surface area contributed by atoms with Crippen LogP contribution in [0.15, 0.2) is 54.6 Å². The lowest BCUT2D eigenvalue weighted by atomic mass is 10.1. The first kappa shape index (κ1) is 26.9. The number of aliphatic carboxylic acids is 1. The Hall–Kier alpha value is -3.36. The van der Waals surface area contributed by atoms with Crippen molar-refractivity contribution in [2.24, 2.45) is 0 Å². The number of hydrogen-bond donors (Lipinski definition) is 1. The molecule has 0 aliphatic heterocycles. The Bertz CT molecular complexity index is 951. The van der Waals surface area contributed by atoms with Crippen LogP contribution in [0.25, 0.3) is 5.57 Å².